The van der Waals surface area contributed by atoms with Crippen molar-refractivity contribution in [1.29, 1.82) is 0 Å². The molecule has 0 aliphatic rings. The molecule has 0 aliphatic heterocycles. The third kappa shape index (κ3) is 2.50. The van der Waals surface area contributed by atoms with E-state index in [0.717, 1.165) is 39.2 Å². The van der Waals surface area contributed by atoms with Crippen LogP contribution in [0.5, 0.6) is 0 Å². The molecule has 0 aliphatic carbocycles. The highest BCUT2D eigenvalue weighted by Crippen LogP contribution is 2.33. The number of nitrogen functional groups attached to an aromatic ring is 1. The average molecular weight is 291 g/mol. The molecule has 1 aromatic heterocycles. The summed E-state index contributed by atoms with van der Waals surface area (Å²) in [5.74, 6) is 0. The van der Waals surface area contributed by atoms with E-state index < -0.39 is 0 Å². The van der Waals surface area contributed by atoms with E-state index in [-0.39, 0.29) is 0 Å². The van der Waals surface area contributed by atoms with Gasteiger partial charge in [-0.05, 0) is 57.0 Å². The number of aryl methyl sites for hydroxylation is 4. The summed E-state index contributed by atoms with van der Waals surface area (Å²) >= 11 is 0. The minimum Gasteiger partial charge on any atom is -0.398 e. The predicted octanol–water partition coefficient (Wildman–Crippen LogP) is 4.79. The van der Waals surface area contributed by atoms with Crippen LogP contribution >= 0.6 is 0 Å². The molecular weight excluding hydrogens is 270 g/mol. The Morgan fingerprint density at radius 3 is 2.36 bits per heavy atom. The minimum atomic E-state index is 0.750. The third-order valence-corrected chi connectivity index (χ3v) is 3.97. The summed E-state index contributed by atoms with van der Waals surface area (Å²) in [6, 6.07) is 12.4. The van der Waals surface area contributed by atoms with Crippen LogP contribution in [0.1, 0.15) is 22.4 Å². The highest BCUT2D eigenvalue weighted by molar-refractivity contribution is 6.03. The molecule has 3 N–H and O–H groups in total. The van der Waals surface area contributed by atoms with Gasteiger partial charge in [-0.25, -0.2) is 0 Å². The minimum absolute atomic E-state index is 0.750. The van der Waals surface area contributed by atoms with Crippen molar-refractivity contribution < 1.29 is 0 Å². The van der Waals surface area contributed by atoms with E-state index in [2.05, 4.69) is 55.3 Å². The molecule has 0 saturated carbocycles. The van der Waals surface area contributed by atoms with E-state index in [1.807, 2.05) is 19.1 Å². The molecule has 1 heterocycles. The van der Waals surface area contributed by atoms with Crippen molar-refractivity contribution in [3.8, 4) is 0 Å². The monoisotopic (exact) mass is 291 g/mol. The topological polar surface area (TPSA) is 50.9 Å². The van der Waals surface area contributed by atoms with Gasteiger partial charge in [0.05, 0.1) is 11.2 Å². The van der Waals surface area contributed by atoms with Crippen molar-refractivity contribution in [2.75, 3.05) is 11.1 Å². The van der Waals surface area contributed by atoms with E-state index in [0.29, 0.717) is 0 Å². The van der Waals surface area contributed by atoms with Crippen LogP contribution in [0.4, 0.5) is 17.1 Å². The van der Waals surface area contributed by atoms with Gasteiger partial charge in [0, 0.05) is 22.5 Å². The van der Waals surface area contributed by atoms with Gasteiger partial charge in [0.1, 0.15) is 0 Å². The van der Waals surface area contributed by atoms with Crippen molar-refractivity contribution in [3.05, 3.63) is 58.8 Å². The van der Waals surface area contributed by atoms with Crippen LogP contribution in [-0.4, -0.2) is 4.98 Å². The average Bonchev–Trinajstić information content (AvgIpc) is 2.45. The molecule has 2 aromatic carbocycles. The van der Waals surface area contributed by atoms with Crippen LogP contribution in [0.3, 0.4) is 0 Å². The molecule has 0 fully saturated rings. The summed E-state index contributed by atoms with van der Waals surface area (Å²) in [6.07, 6.45) is 0. The number of aromatic nitrogens is 1. The van der Waals surface area contributed by atoms with E-state index >= 15 is 0 Å². The molecule has 3 nitrogen and oxygen atoms in total. The third-order valence-electron chi connectivity index (χ3n) is 3.97. The SMILES string of the molecule is Cc1ccc(Nc2cc(C)nc3c(C)ccc(N)c23)c(C)c1. The van der Waals surface area contributed by atoms with Gasteiger partial charge in [-0.1, -0.05) is 23.8 Å². The lowest BCUT2D eigenvalue weighted by molar-refractivity contribution is 1.24. The van der Waals surface area contributed by atoms with Crippen molar-refractivity contribution >= 4 is 28.0 Å². The van der Waals surface area contributed by atoms with Crippen molar-refractivity contribution in [2.45, 2.75) is 27.7 Å². The van der Waals surface area contributed by atoms with E-state index in [1.165, 1.54) is 11.1 Å². The lowest BCUT2D eigenvalue weighted by Gasteiger charge is -2.15. The highest BCUT2D eigenvalue weighted by Gasteiger charge is 2.10. The maximum absolute atomic E-state index is 6.21. The number of hydrogen-bond donors (Lipinski definition) is 2. The summed E-state index contributed by atoms with van der Waals surface area (Å²) in [7, 11) is 0. The number of nitrogens with zero attached hydrogens (tertiary/aromatic N) is 1. The second-order valence-corrected chi connectivity index (χ2v) is 5.95. The zero-order chi connectivity index (χ0) is 15.9. The first-order valence-corrected chi connectivity index (χ1v) is 7.46. The van der Waals surface area contributed by atoms with Gasteiger partial charge in [-0.2, -0.15) is 0 Å². The standard InChI is InChI=1S/C19H21N3/c1-11-5-8-16(13(3)9-11)22-17-10-14(4)21-19-12(2)6-7-15(20)18(17)19/h5-10H,20H2,1-4H3,(H,21,22). The Morgan fingerprint density at radius 1 is 0.864 bits per heavy atom. The Kier molecular flexibility index (Phi) is 3.49. The maximum Gasteiger partial charge on any atom is 0.0776 e. The molecule has 0 spiro atoms. The summed E-state index contributed by atoms with van der Waals surface area (Å²) in [5.41, 5.74) is 14.6. The van der Waals surface area contributed by atoms with Gasteiger partial charge in [0.15, 0.2) is 0 Å². The molecule has 22 heavy (non-hydrogen) atoms. The summed E-state index contributed by atoms with van der Waals surface area (Å²) in [4.78, 5) is 4.65. The van der Waals surface area contributed by atoms with Crippen molar-refractivity contribution in [1.82, 2.24) is 4.98 Å². The Balaban J connectivity index is 2.20. The molecule has 3 aromatic rings. The summed E-state index contributed by atoms with van der Waals surface area (Å²) in [5, 5.41) is 4.52. The maximum atomic E-state index is 6.21. The lowest BCUT2D eigenvalue weighted by atomic mass is 10.1. The Labute approximate surface area is 131 Å². The zero-order valence-corrected chi connectivity index (χ0v) is 13.5. The smallest absolute Gasteiger partial charge is 0.0776 e. The highest BCUT2D eigenvalue weighted by atomic mass is 14.9. The van der Waals surface area contributed by atoms with E-state index in [4.69, 9.17) is 5.73 Å². The fourth-order valence-corrected chi connectivity index (χ4v) is 2.83. The Hall–Kier alpha value is -2.55. The number of fused-ring (bicyclic) bond motifs is 1. The first-order chi connectivity index (χ1) is 10.5. The second kappa shape index (κ2) is 5.34. The Morgan fingerprint density at radius 2 is 1.64 bits per heavy atom. The van der Waals surface area contributed by atoms with Crippen LogP contribution in [0.15, 0.2) is 36.4 Å². The number of pyridine rings is 1. The van der Waals surface area contributed by atoms with Crippen LogP contribution in [0, 0.1) is 27.7 Å². The van der Waals surface area contributed by atoms with Gasteiger partial charge in [0.25, 0.3) is 0 Å². The molecule has 0 bridgehead atoms. The number of anilines is 3. The van der Waals surface area contributed by atoms with Crippen LogP contribution in [0.25, 0.3) is 10.9 Å². The summed E-state index contributed by atoms with van der Waals surface area (Å²) < 4.78 is 0. The fraction of sp³-hybridized carbons (Fsp3) is 0.211. The van der Waals surface area contributed by atoms with Gasteiger partial charge < -0.3 is 11.1 Å². The summed E-state index contributed by atoms with van der Waals surface area (Å²) in [6.45, 7) is 8.29. The fourth-order valence-electron chi connectivity index (χ4n) is 2.83. The molecule has 0 radical (unpaired) electrons. The molecule has 0 atom stereocenters. The zero-order valence-electron chi connectivity index (χ0n) is 13.5. The molecule has 112 valence electrons. The normalized spacial score (nSPS) is 10.9. The second-order valence-electron chi connectivity index (χ2n) is 5.95. The van der Waals surface area contributed by atoms with Gasteiger partial charge in [-0.15, -0.1) is 0 Å². The van der Waals surface area contributed by atoms with Gasteiger partial charge in [-0.3, -0.25) is 4.98 Å². The van der Waals surface area contributed by atoms with Gasteiger partial charge in [0.2, 0.25) is 0 Å². The van der Waals surface area contributed by atoms with Gasteiger partial charge >= 0.3 is 0 Å². The van der Waals surface area contributed by atoms with E-state index in [1.54, 1.807) is 0 Å². The molecule has 3 heteroatoms. The Bertz CT molecular complexity index is 866. The number of benzene rings is 2. The molecule has 0 unspecified atom stereocenters. The quantitative estimate of drug-likeness (QED) is 0.667. The largest absolute Gasteiger partial charge is 0.398 e. The molecular formula is C19H21N3. The molecule has 0 saturated heterocycles. The van der Waals surface area contributed by atoms with Crippen LogP contribution in [0.2, 0.25) is 0 Å². The van der Waals surface area contributed by atoms with E-state index in [9.17, 15) is 0 Å². The van der Waals surface area contributed by atoms with Crippen molar-refractivity contribution in [2.24, 2.45) is 0 Å². The molecule has 0 amide bonds. The number of nitrogens with two attached hydrogens (primary N) is 1. The number of nitrogens with one attached hydrogen (secondary N) is 1. The van der Waals surface area contributed by atoms with Crippen LogP contribution < -0.4 is 11.1 Å². The first kappa shape index (κ1) is 14.4. The first-order valence-electron chi connectivity index (χ1n) is 7.46. The number of hydrogen-bond acceptors (Lipinski definition) is 3. The van der Waals surface area contributed by atoms with Crippen molar-refractivity contribution in [3.63, 3.8) is 0 Å². The van der Waals surface area contributed by atoms with Crippen LogP contribution in [-0.2, 0) is 0 Å². The lowest BCUT2D eigenvalue weighted by Crippen LogP contribution is -2.00. The molecule has 3 rings (SSSR count). The number of rotatable bonds is 2. The predicted molar refractivity (Wildman–Crippen MR) is 94.8 cm³/mol.